The predicted molar refractivity (Wildman–Crippen MR) is 80.1 cm³/mol. The summed E-state index contributed by atoms with van der Waals surface area (Å²) in [4.78, 5) is 12.0. The molecule has 0 saturated carbocycles. The number of nitrogens with zero attached hydrogens (tertiary/aromatic N) is 2. The highest BCUT2D eigenvalue weighted by Crippen LogP contribution is 2.17. The van der Waals surface area contributed by atoms with Crippen LogP contribution in [0.5, 0.6) is 0 Å². The van der Waals surface area contributed by atoms with E-state index in [9.17, 15) is 9.00 Å². The van der Waals surface area contributed by atoms with Gasteiger partial charge in [0.1, 0.15) is 4.47 Å². The molecular weight excluding hydrogens is 334 g/mol. The Morgan fingerprint density at radius 3 is 2.89 bits per heavy atom. The number of methoxy groups -OCH3 is 1. The van der Waals surface area contributed by atoms with Crippen LogP contribution < -0.4 is 10.9 Å². The van der Waals surface area contributed by atoms with Crippen LogP contribution in [0.3, 0.4) is 0 Å². The van der Waals surface area contributed by atoms with E-state index in [4.69, 9.17) is 4.74 Å². The van der Waals surface area contributed by atoms with Crippen LogP contribution in [-0.2, 0) is 22.1 Å². The molecule has 19 heavy (non-hydrogen) atoms. The highest BCUT2D eigenvalue weighted by Gasteiger charge is 2.11. The molecule has 0 bridgehead atoms. The van der Waals surface area contributed by atoms with Crippen LogP contribution in [0.25, 0.3) is 0 Å². The van der Waals surface area contributed by atoms with Crippen LogP contribution in [-0.4, -0.2) is 45.8 Å². The second kappa shape index (κ2) is 7.76. The summed E-state index contributed by atoms with van der Waals surface area (Å²) in [6.07, 6.45) is 3.23. The minimum absolute atomic E-state index is 0.00171. The Bertz CT molecular complexity index is 506. The van der Waals surface area contributed by atoms with Gasteiger partial charge >= 0.3 is 0 Å². The summed E-state index contributed by atoms with van der Waals surface area (Å²) in [6, 6.07) is -0.00171. The van der Waals surface area contributed by atoms with Crippen LogP contribution in [0.4, 0.5) is 5.69 Å². The van der Waals surface area contributed by atoms with Crippen LogP contribution in [0.2, 0.25) is 0 Å². The Hall–Kier alpha value is -0.730. The van der Waals surface area contributed by atoms with E-state index in [1.165, 1.54) is 4.68 Å². The fourth-order valence-electron chi connectivity index (χ4n) is 1.56. The van der Waals surface area contributed by atoms with Gasteiger partial charge in [-0.2, -0.15) is 5.10 Å². The van der Waals surface area contributed by atoms with E-state index < -0.39 is 10.8 Å². The Balaban J connectivity index is 2.84. The summed E-state index contributed by atoms with van der Waals surface area (Å²) in [6.45, 7) is 2.74. The van der Waals surface area contributed by atoms with Crippen molar-refractivity contribution in [2.45, 2.75) is 19.5 Å². The topological polar surface area (TPSA) is 73.2 Å². The summed E-state index contributed by atoms with van der Waals surface area (Å²) < 4.78 is 17.8. The molecule has 2 atom stereocenters. The lowest BCUT2D eigenvalue weighted by Gasteiger charge is -2.15. The Morgan fingerprint density at radius 2 is 2.32 bits per heavy atom. The highest BCUT2D eigenvalue weighted by molar-refractivity contribution is 9.10. The Kier molecular flexibility index (Phi) is 6.67. The van der Waals surface area contributed by atoms with E-state index in [2.05, 4.69) is 26.3 Å². The van der Waals surface area contributed by atoms with Crippen molar-refractivity contribution < 1.29 is 8.95 Å². The summed E-state index contributed by atoms with van der Waals surface area (Å²) in [5, 5.41) is 7.18. The molecule has 1 aromatic heterocycles. The fourth-order valence-corrected chi connectivity index (χ4v) is 2.77. The van der Waals surface area contributed by atoms with Gasteiger partial charge in [-0.15, -0.1) is 0 Å². The van der Waals surface area contributed by atoms with E-state index in [0.29, 0.717) is 29.1 Å². The Morgan fingerprint density at radius 1 is 1.63 bits per heavy atom. The third kappa shape index (κ3) is 5.04. The third-order valence-electron chi connectivity index (χ3n) is 2.38. The first-order valence-electron chi connectivity index (χ1n) is 5.76. The third-order valence-corrected chi connectivity index (χ3v) is 4.11. The molecule has 0 amide bonds. The van der Waals surface area contributed by atoms with Gasteiger partial charge in [-0.05, 0) is 22.9 Å². The number of hydrogen-bond donors (Lipinski definition) is 1. The van der Waals surface area contributed by atoms with Crippen LogP contribution in [0.15, 0.2) is 15.5 Å². The van der Waals surface area contributed by atoms with Crippen LogP contribution in [0, 0.1) is 0 Å². The molecule has 1 rings (SSSR count). The largest absolute Gasteiger partial charge is 0.383 e. The molecule has 0 spiro atoms. The molecule has 108 valence electrons. The van der Waals surface area contributed by atoms with Crippen molar-refractivity contribution in [3.63, 3.8) is 0 Å². The fraction of sp³-hybridized carbons (Fsp3) is 0.636. The molecule has 1 heterocycles. The number of anilines is 1. The number of rotatable bonds is 7. The molecule has 0 saturated heterocycles. The molecule has 0 aliphatic heterocycles. The van der Waals surface area contributed by atoms with Crippen molar-refractivity contribution in [2.75, 3.05) is 31.0 Å². The second-order valence-electron chi connectivity index (χ2n) is 4.18. The molecule has 1 aromatic rings. The summed E-state index contributed by atoms with van der Waals surface area (Å²) in [5.74, 6) is 0.513. The van der Waals surface area contributed by atoms with Crippen molar-refractivity contribution in [3.05, 3.63) is 21.0 Å². The minimum atomic E-state index is -0.888. The maximum absolute atomic E-state index is 12.0. The van der Waals surface area contributed by atoms with E-state index in [0.717, 1.165) is 0 Å². The number of halogens is 1. The van der Waals surface area contributed by atoms with Crippen molar-refractivity contribution in [1.29, 1.82) is 0 Å². The highest BCUT2D eigenvalue weighted by atomic mass is 79.9. The molecule has 2 unspecified atom stereocenters. The number of ether oxygens (including phenoxy) is 1. The number of hydrogen-bond acceptors (Lipinski definition) is 5. The lowest BCUT2D eigenvalue weighted by Crippen LogP contribution is -2.28. The van der Waals surface area contributed by atoms with Crippen molar-refractivity contribution >= 4 is 32.4 Å². The monoisotopic (exact) mass is 351 g/mol. The molecular formula is C11H18BrN3O3S. The SMILES string of the molecule is COCCn1ncc(NC(C)CS(C)=O)c(Br)c1=O. The zero-order valence-electron chi connectivity index (χ0n) is 11.2. The zero-order valence-corrected chi connectivity index (χ0v) is 13.6. The van der Waals surface area contributed by atoms with Crippen LogP contribution in [0.1, 0.15) is 6.92 Å². The lowest BCUT2D eigenvalue weighted by atomic mass is 10.3. The quantitative estimate of drug-likeness (QED) is 0.787. The van der Waals surface area contributed by atoms with E-state index in [1.807, 2.05) is 6.92 Å². The Labute approximate surface area is 123 Å². The first-order valence-corrected chi connectivity index (χ1v) is 8.28. The number of nitrogens with one attached hydrogen (secondary N) is 1. The van der Waals surface area contributed by atoms with Gasteiger partial charge in [0.15, 0.2) is 0 Å². The maximum Gasteiger partial charge on any atom is 0.283 e. The average molecular weight is 352 g/mol. The van der Waals surface area contributed by atoms with Gasteiger partial charge in [-0.1, -0.05) is 0 Å². The van der Waals surface area contributed by atoms with Gasteiger partial charge < -0.3 is 10.1 Å². The molecule has 0 radical (unpaired) electrons. The van der Waals surface area contributed by atoms with Gasteiger partial charge in [-0.3, -0.25) is 9.00 Å². The normalized spacial score (nSPS) is 14.1. The summed E-state index contributed by atoms with van der Waals surface area (Å²) >= 11 is 3.27. The number of aromatic nitrogens is 2. The molecule has 0 aliphatic rings. The van der Waals surface area contributed by atoms with Gasteiger partial charge in [0.25, 0.3) is 5.56 Å². The van der Waals surface area contributed by atoms with Crippen molar-refractivity contribution in [3.8, 4) is 0 Å². The van der Waals surface area contributed by atoms with E-state index in [1.54, 1.807) is 19.6 Å². The molecule has 8 heteroatoms. The zero-order chi connectivity index (χ0) is 14.4. The average Bonchev–Trinajstić information content (AvgIpc) is 2.33. The van der Waals surface area contributed by atoms with E-state index >= 15 is 0 Å². The standard InChI is InChI=1S/C11H18BrN3O3S/c1-8(7-19(3)17)14-9-6-13-15(4-5-18-2)11(16)10(9)12/h6,8,14H,4-5,7H2,1-3H3. The first-order chi connectivity index (χ1) is 8.95. The maximum atomic E-state index is 12.0. The molecule has 0 fully saturated rings. The van der Waals surface area contributed by atoms with E-state index in [-0.39, 0.29) is 11.6 Å². The summed E-state index contributed by atoms with van der Waals surface area (Å²) in [5.41, 5.74) is 0.392. The summed E-state index contributed by atoms with van der Waals surface area (Å²) in [7, 11) is 0.684. The van der Waals surface area contributed by atoms with Crippen molar-refractivity contribution in [1.82, 2.24) is 9.78 Å². The van der Waals surface area contributed by atoms with Gasteiger partial charge in [-0.25, -0.2) is 4.68 Å². The first kappa shape index (κ1) is 16.3. The van der Waals surface area contributed by atoms with Gasteiger partial charge in [0.2, 0.25) is 0 Å². The molecule has 1 N–H and O–H groups in total. The molecule has 6 nitrogen and oxygen atoms in total. The lowest BCUT2D eigenvalue weighted by molar-refractivity contribution is 0.181. The van der Waals surface area contributed by atoms with Gasteiger partial charge in [0, 0.05) is 36.0 Å². The predicted octanol–water partition coefficient (Wildman–Crippen LogP) is 0.831. The molecule has 0 aromatic carbocycles. The van der Waals surface area contributed by atoms with Gasteiger partial charge in [0.05, 0.1) is 25.0 Å². The smallest absolute Gasteiger partial charge is 0.283 e. The second-order valence-corrected chi connectivity index (χ2v) is 6.45. The van der Waals surface area contributed by atoms with Crippen molar-refractivity contribution in [2.24, 2.45) is 0 Å². The molecule has 0 aliphatic carbocycles. The minimum Gasteiger partial charge on any atom is -0.383 e. The van der Waals surface area contributed by atoms with Crippen LogP contribution >= 0.6 is 15.9 Å².